The lowest BCUT2D eigenvalue weighted by Crippen LogP contribution is -2.47. The average Bonchev–Trinajstić information content (AvgIpc) is 3.17. The molecule has 0 atom stereocenters. The number of carbonyl (C=O) groups excluding carboxylic acids is 1. The summed E-state index contributed by atoms with van der Waals surface area (Å²) in [5.41, 5.74) is 4.79. The third kappa shape index (κ3) is 3.83. The number of nitrogens with one attached hydrogen (secondary N) is 1. The molecule has 1 saturated heterocycles. The molecule has 5 nitrogen and oxygen atoms in total. The number of anilines is 2. The summed E-state index contributed by atoms with van der Waals surface area (Å²) >= 11 is 1.59. The van der Waals surface area contributed by atoms with Gasteiger partial charge in [0.25, 0.3) is 0 Å². The fourth-order valence-corrected chi connectivity index (χ4v) is 6.00. The second-order valence-corrected chi connectivity index (χ2v) is 10.3. The minimum Gasteiger partial charge on any atom is -0.353 e. The first kappa shape index (κ1) is 20.5. The predicted octanol–water partition coefficient (Wildman–Crippen LogP) is 4.59. The number of rotatable bonds is 4. The molecule has 1 fully saturated rings. The Morgan fingerprint density at radius 1 is 1.10 bits per heavy atom. The van der Waals surface area contributed by atoms with E-state index in [2.05, 4.69) is 72.3 Å². The lowest BCUT2D eigenvalue weighted by Gasteiger charge is -2.36. The number of hydrogen-bond donors (Lipinski definition) is 1. The van der Waals surface area contributed by atoms with Crippen LogP contribution in [0.1, 0.15) is 37.0 Å². The van der Waals surface area contributed by atoms with E-state index < -0.39 is 0 Å². The van der Waals surface area contributed by atoms with Crippen molar-refractivity contribution in [1.29, 1.82) is 0 Å². The molecular formula is C25H30N4OS. The molecule has 0 aliphatic carbocycles. The van der Waals surface area contributed by atoms with Gasteiger partial charge in [-0.15, -0.1) is 0 Å². The van der Waals surface area contributed by atoms with Gasteiger partial charge >= 0.3 is 0 Å². The summed E-state index contributed by atoms with van der Waals surface area (Å²) in [7, 11) is 0. The van der Waals surface area contributed by atoms with Gasteiger partial charge in [-0.1, -0.05) is 38.1 Å². The highest BCUT2D eigenvalue weighted by Crippen LogP contribution is 2.41. The van der Waals surface area contributed by atoms with Crippen molar-refractivity contribution < 1.29 is 4.79 Å². The van der Waals surface area contributed by atoms with Crippen molar-refractivity contribution in [3.63, 3.8) is 0 Å². The van der Waals surface area contributed by atoms with Gasteiger partial charge in [-0.25, -0.2) is 0 Å². The molecule has 3 heterocycles. The van der Waals surface area contributed by atoms with Crippen LogP contribution in [0, 0.1) is 6.92 Å². The highest BCUT2D eigenvalue weighted by molar-refractivity contribution is 7.13. The molecule has 1 N–H and O–H groups in total. The van der Waals surface area contributed by atoms with E-state index in [-0.39, 0.29) is 11.3 Å². The Labute approximate surface area is 188 Å². The van der Waals surface area contributed by atoms with E-state index in [4.69, 9.17) is 4.37 Å². The molecule has 3 aromatic rings. The highest BCUT2D eigenvalue weighted by Gasteiger charge is 2.34. The maximum absolute atomic E-state index is 12.3. The number of carbonyl (C=O) groups is 1. The molecule has 2 aromatic carbocycles. The summed E-state index contributed by atoms with van der Waals surface area (Å²) < 4.78 is 5.98. The smallest absolute Gasteiger partial charge is 0.225 e. The Kier molecular flexibility index (Phi) is 5.22. The van der Waals surface area contributed by atoms with E-state index in [1.54, 1.807) is 11.5 Å². The number of nitrogens with zero attached hydrogens (tertiary/aromatic N) is 3. The first-order valence-electron chi connectivity index (χ1n) is 11.2. The SMILES string of the molecule is Cc1ccc(CCN2CCN(c3nsc4ccccc34)CC2)c2c1C(C)(C)CC(=O)N2. The van der Waals surface area contributed by atoms with Gasteiger partial charge in [-0.2, -0.15) is 4.37 Å². The van der Waals surface area contributed by atoms with E-state index in [9.17, 15) is 4.79 Å². The van der Waals surface area contributed by atoms with E-state index in [1.165, 1.54) is 26.8 Å². The van der Waals surface area contributed by atoms with Crippen LogP contribution in [0.2, 0.25) is 0 Å². The summed E-state index contributed by atoms with van der Waals surface area (Å²) in [6, 6.07) is 12.9. The van der Waals surface area contributed by atoms with Gasteiger partial charge in [0.1, 0.15) is 5.82 Å². The maximum atomic E-state index is 12.3. The summed E-state index contributed by atoms with van der Waals surface area (Å²) in [5, 5.41) is 4.45. The predicted molar refractivity (Wildman–Crippen MR) is 129 cm³/mol. The van der Waals surface area contributed by atoms with Crippen molar-refractivity contribution in [2.24, 2.45) is 0 Å². The molecule has 0 unspecified atom stereocenters. The number of amides is 1. The molecule has 1 amide bonds. The van der Waals surface area contributed by atoms with Crippen molar-refractivity contribution in [2.45, 2.75) is 39.0 Å². The number of fused-ring (bicyclic) bond motifs is 2. The van der Waals surface area contributed by atoms with Gasteiger partial charge in [0, 0.05) is 55.6 Å². The van der Waals surface area contributed by atoms with Crippen LogP contribution in [0.4, 0.5) is 11.5 Å². The van der Waals surface area contributed by atoms with E-state index in [1.807, 2.05) is 0 Å². The molecule has 0 radical (unpaired) electrons. The van der Waals surface area contributed by atoms with Crippen molar-refractivity contribution in [3.8, 4) is 0 Å². The zero-order chi connectivity index (χ0) is 21.6. The topological polar surface area (TPSA) is 48.5 Å². The van der Waals surface area contributed by atoms with Crippen molar-refractivity contribution in [1.82, 2.24) is 9.27 Å². The van der Waals surface area contributed by atoms with Crippen LogP contribution in [-0.4, -0.2) is 47.9 Å². The lowest BCUT2D eigenvalue weighted by molar-refractivity contribution is -0.117. The van der Waals surface area contributed by atoms with Crippen LogP contribution in [0.15, 0.2) is 36.4 Å². The first-order valence-corrected chi connectivity index (χ1v) is 11.9. The molecule has 2 aliphatic rings. The number of aryl methyl sites for hydroxylation is 1. The summed E-state index contributed by atoms with van der Waals surface area (Å²) in [4.78, 5) is 17.3. The van der Waals surface area contributed by atoms with Crippen LogP contribution >= 0.6 is 11.5 Å². The zero-order valence-corrected chi connectivity index (χ0v) is 19.4. The van der Waals surface area contributed by atoms with Gasteiger partial charge < -0.3 is 10.2 Å². The van der Waals surface area contributed by atoms with Gasteiger partial charge in [-0.3, -0.25) is 9.69 Å². The molecule has 1 aromatic heterocycles. The van der Waals surface area contributed by atoms with E-state index in [0.29, 0.717) is 6.42 Å². The minimum atomic E-state index is -0.111. The largest absolute Gasteiger partial charge is 0.353 e. The Bertz CT molecular complexity index is 1130. The van der Waals surface area contributed by atoms with E-state index in [0.717, 1.165) is 50.6 Å². The summed E-state index contributed by atoms with van der Waals surface area (Å²) in [6.45, 7) is 11.6. The highest BCUT2D eigenvalue weighted by atomic mass is 32.1. The minimum absolute atomic E-state index is 0.111. The molecule has 2 aliphatic heterocycles. The fourth-order valence-electron chi connectivity index (χ4n) is 5.21. The second-order valence-electron chi connectivity index (χ2n) is 9.48. The van der Waals surface area contributed by atoms with Crippen LogP contribution in [0.25, 0.3) is 10.1 Å². The van der Waals surface area contributed by atoms with Crippen molar-refractivity contribution in [2.75, 3.05) is 42.9 Å². The monoisotopic (exact) mass is 434 g/mol. The van der Waals surface area contributed by atoms with Crippen LogP contribution in [0.5, 0.6) is 0 Å². The Balaban J connectivity index is 1.26. The van der Waals surface area contributed by atoms with Gasteiger partial charge in [0.05, 0.1) is 4.70 Å². The number of aromatic nitrogens is 1. The Hall–Kier alpha value is -2.44. The van der Waals surface area contributed by atoms with Gasteiger partial charge in [-0.05, 0) is 53.7 Å². The molecule has 6 heteroatoms. The van der Waals surface area contributed by atoms with Crippen molar-refractivity contribution in [3.05, 3.63) is 53.1 Å². The van der Waals surface area contributed by atoms with Gasteiger partial charge in [0.2, 0.25) is 5.91 Å². The molecule has 0 saturated carbocycles. The van der Waals surface area contributed by atoms with Gasteiger partial charge in [0.15, 0.2) is 0 Å². The third-order valence-corrected chi connectivity index (χ3v) is 7.59. The third-order valence-electron chi connectivity index (χ3n) is 6.77. The fraction of sp³-hybridized carbons (Fsp3) is 0.440. The van der Waals surface area contributed by atoms with Crippen LogP contribution in [0.3, 0.4) is 0 Å². The number of piperazine rings is 1. The normalized spacial score (nSPS) is 18.8. The first-order chi connectivity index (χ1) is 14.9. The molecule has 0 spiro atoms. The van der Waals surface area contributed by atoms with Crippen molar-refractivity contribution >= 4 is 39.0 Å². The number of hydrogen-bond acceptors (Lipinski definition) is 5. The molecule has 0 bridgehead atoms. The summed E-state index contributed by atoms with van der Waals surface area (Å²) in [6.07, 6.45) is 1.51. The molecule has 162 valence electrons. The maximum Gasteiger partial charge on any atom is 0.225 e. The average molecular weight is 435 g/mol. The molecular weight excluding hydrogens is 404 g/mol. The van der Waals surface area contributed by atoms with E-state index >= 15 is 0 Å². The number of benzene rings is 2. The van der Waals surface area contributed by atoms with Crippen LogP contribution in [-0.2, 0) is 16.6 Å². The second kappa shape index (κ2) is 7.92. The van der Waals surface area contributed by atoms with Crippen LogP contribution < -0.4 is 10.2 Å². The lowest BCUT2D eigenvalue weighted by atomic mass is 9.74. The Morgan fingerprint density at radius 2 is 1.87 bits per heavy atom. The zero-order valence-electron chi connectivity index (χ0n) is 18.6. The standard InChI is InChI=1S/C25H30N4OS/c1-17-8-9-18(23-22(17)25(2,3)16-21(30)26-23)10-11-28-12-14-29(15-13-28)24-19-6-4-5-7-20(19)31-27-24/h4-9H,10-16H2,1-3H3,(H,26,30). The Morgan fingerprint density at radius 3 is 2.68 bits per heavy atom. The quantitative estimate of drug-likeness (QED) is 0.653. The summed E-state index contributed by atoms with van der Waals surface area (Å²) in [5.74, 6) is 1.27. The molecule has 5 rings (SSSR count). The molecule has 31 heavy (non-hydrogen) atoms.